The van der Waals surface area contributed by atoms with E-state index in [0.29, 0.717) is 17.8 Å². The summed E-state index contributed by atoms with van der Waals surface area (Å²) in [5.41, 5.74) is 1.25. The molecule has 4 nitrogen and oxygen atoms in total. The van der Waals surface area contributed by atoms with E-state index in [0.717, 1.165) is 25.8 Å². The van der Waals surface area contributed by atoms with E-state index >= 15 is 0 Å². The Morgan fingerprint density at radius 2 is 2.06 bits per heavy atom. The van der Waals surface area contributed by atoms with Crippen LogP contribution in [0, 0.1) is 5.41 Å². The predicted molar refractivity (Wildman–Crippen MR) is 63.7 cm³/mol. The summed E-state index contributed by atoms with van der Waals surface area (Å²) in [6.45, 7) is 0.856. The minimum Gasteiger partial charge on any atom is -0.508 e. The van der Waals surface area contributed by atoms with Gasteiger partial charge in [-0.25, -0.2) is 0 Å². The normalized spacial score (nSPS) is 19.2. The van der Waals surface area contributed by atoms with Gasteiger partial charge in [0.1, 0.15) is 5.75 Å². The van der Waals surface area contributed by atoms with Crippen LogP contribution in [-0.2, 0) is 6.42 Å². The van der Waals surface area contributed by atoms with E-state index in [4.69, 9.17) is 10.5 Å². The molecule has 1 aromatic rings. The summed E-state index contributed by atoms with van der Waals surface area (Å²) in [4.78, 5) is 0. The lowest BCUT2D eigenvalue weighted by Crippen LogP contribution is -2.27. The van der Waals surface area contributed by atoms with Crippen LogP contribution >= 0.6 is 0 Å². The third kappa shape index (κ3) is 2.89. The van der Waals surface area contributed by atoms with Crippen LogP contribution in [-0.4, -0.2) is 23.7 Å². The first kappa shape index (κ1) is 10.8. The maximum absolute atomic E-state index is 9.14. The number of aromatic hydroxyl groups is 1. The number of hydrogen-bond acceptors (Lipinski definition) is 2. The van der Waals surface area contributed by atoms with E-state index in [1.807, 2.05) is 12.1 Å². The predicted octanol–water partition coefficient (Wildman–Crippen LogP) is 1.21. The first-order chi connectivity index (χ1) is 7.74. The summed E-state index contributed by atoms with van der Waals surface area (Å²) >= 11 is 0. The Bertz CT molecular complexity index is 361. The Labute approximate surface area is 95.2 Å². The van der Waals surface area contributed by atoms with E-state index in [1.54, 1.807) is 12.1 Å². The number of hydrogen-bond donors (Lipinski definition) is 4. The number of benzene rings is 1. The minimum atomic E-state index is 0.318. The van der Waals surface area contributed by atoms with Gasteiger partial charge in [-0.2, -0.15) is 0 Å². The van der Waals surface area contributed by atoms with Crippen molar-refractivity contribution in [3.8, 4) is 5.75 Å². The zero-order valence-electron chi connectivity index (χ0n) is 9.16. The lowest BCUT2D eigenvalue weighted by Gasteiger charge is -2.08. The zero-order valence-corrected chi connectivity index (χ0v) is 9.16. The number of phenols is 1. The van der Waals surface area contributed by atoms with Crippen molar-refractivity contribution >= 4 is 5.96 Å². The molecule has 0 amide bonds. The van der Waals surface area contributed by atoms with Crippen LogP contribution in [0.2, 0.25) is 0 Å². The second-order valence-electron chi connectivity index (χ2n) is 4.16. The van der Waals surface area contributed by atoms with Crippen LogP contribution in [0.15, 0.2) is 24.3 Å². The second-order valence-corrected chi connectivity index (χ2v) is 4.16. The number of rotatable bonds is 4. The van der Waals surface area contributed by atoms with Crippen molar-refractivity contribution in [2.24, 2.45) is 0 Å². The van der Waals surface area contributed by atoms with E-state index in [2.05, 4.69) is 10.6 Å². The fourth-order valence-corrected chi connectivity index (χ4v) is 1.92. The minimum absolute atomic E-state index is 0.318. The van der Waals surface area contributed by atoms with Crippen molar-refractivity contribution in [2.45, 2.75) is 25.3 Å². The highest BCUT2D eigenvalue weighted by Crippen LogP contribution is 2.12. The topological polar surface area (TPSA) is 68.1 Å². The molecular weight excluding hydrogens is 202 g/mol. The summed E-state index contributed by atoms with van der Waals surface area (Å²) < 4.78 is 0. The molecule has 1 aliphatic rings. The number of aryl methyl sites for hydroxylation is 1. The Kier molecular flexibility index (Phi) is 3.29. The molecule has 1 heterocycles. The molecule has 0 bridgehead atoms. The molecule has 0 spiro atoms. The lowest BCUT2D eigenvalue weighted by atomic mass is 10.1. The molecule has 1 aromatic carbocycles. The molecule has 4 heteroatoms. The van der Waals surface area contributed by atoms with Crippen molar-refractivity contribution < 1.29 is 5.11 Å². The van der Waals surface area contributed by atoms with Gasteiger partial charge in [0.05, 0.1) is 0 Å². The fourth-order valence-electron chi connectivity index (χ4n) is 1.92. The second kappa shape index (κ2) is 4.88. The van der Waals surface area contributed by atoms with E-state index in [1.165, 1.54) is 5.56 Å². The summed E-state index contributed by atoms with van der Waals surface area (Å²) in [5, 5.41) is 22.5. The van der Waals surface area contributed by atoms with E-state index < -0.39 is 0 Å². The smallest absolute Gasteiger partial charge is 0.188 e. The molecule has 0 saturated carbocycles. The number of nitrogens with one attached hydrogen (secondary N) is 3. The summed E-state index contributed by atoms with van der Waals surface area (Å²) in [6.07, 6.45) is 3.18. The molecule has 1 fully saturated rings. The third-order valence-corrected chi connectivity index (χ3v) is 2.83. The highest BCUT2D eigenvalue weighted by molar-refractivity contribution is 5.78. The molecule has 16 heavy (non-hydrogen) atoms. The van der Waals surface area contributed by atoms with Gasteiger partial charge in [0.2, 0.25) is 0 Å². The lowest BCUT2D eigenvalue weighted by molar-refractivity contribution is 0.475. The van der Waals surface area contributed by atoms with Gasteiger partial charge in [-0.1, -0.05) is 12.1 Å². The molecule has 86 valence electrons. The first-order valence-corrected chi connectivity index (χ1v) is 5.61. The molecule has 0 aliphatic carbocycles. The molecule has 0 unspecified atom stereocenters. The molecule has 1 aliphatic heterocycles. The average Bonchev–Trinajstić information content (AvgIpc) is 2.67. The maximum Gasteiger partial charge on any atom is 0.188 e. The molecule has 2 rings (SSSR count). The highest BCUT2D eigenvalue weighted by atomic mass is 16.3. The van der Waals surface area contributed by atoms with Gasteiger partial charge in [0.25, 0.3) is 0 Å². The van der Waals surface area contributed by atoms with Gasteiger partial charge in [-0.15, -0.1) is 0 Å². The van der Waals surface area contributed by atoms with E-state index in [9.17, 15) is 0 Å². The molecule has 1 atom stereocenters. The van der Waals surface area contributed by atoms with Gasteiger partial charge in [-0.3, -0.25) is 5.41 Å². The zero-order chi connectivity index (χ0) is 11.4. The quantitative estimate of drug-likeness (QED) is 0.615. The number of phenolic OH excluding ortho intramolecular Hbond substituents is 1. The Balaban J connectivity index is 1.72. The monoisotopic (exact) mass is 219 g/mol. The average molecular weight is 219 g/mol. The van der Waals surface area contributed by atoms with Gasteiger partial charge in [0.15, 0.2) is 5.96 Å². The molecule has 1 saturated heterocycles. The van der Waals surface area contributed by atoms with Gasteiger partial charge in [-0.05, 0) is 37.0 Å². The third-order valence-electron chi connectivity index (χ3n) is 2.83. The van der Waals surface area contributed by atoms with Gasteiger partial charge < -0.3 is 15.7 Å². The van der Waals surface area contributed by atoms with Gasteiger partial charge in [0, 0.05) is 12.6 Å². The Morgan fingerprint density at radius 1 is 1.31 bits per heavy atom. The highest BCUT2D eigenvalue weighted by Gasteiger charge is 2.16. The van der Waals surface area contributed by atoms with Crippen molar-refractivity contribution in [1.82, 2.24) is 10.6 Å². The van der Waals surface area contributed by atoms with Crippen LogP contribution in [0.25, 0.3) is 0 Å². The van der Waals surface area contributed by atoms with Crippen molar-refractivity contribution in [2.75, 3.05) is 6.54 Å². The molecule has 4 N–H and O–H groups in total. The van der Waals surface area contributed by atoms with Crippen molar-refractivity contribution in [1.29, 1.82) is 5.41 Å². The Morgan fingerprint density at radius 3 is 2.69 bits per heavy atom. The van der Waals surface area contributed by atoms with Crippen LogP contribution in [0.5, 0.6) is 5.75 Å². The Hall–Kier alpha value is -1.71. The largest absolute Gasteiger partial charge is 0.508 e. The summed E-state index contributed by atoms with van der Waals surface area (Å²) in [5.74, 6) is 0.758. The summed E-state index contributed by atoms with van der Waals surface area (Å²) in [6, 6.07) is 7.75. The molecular formula is C12H17N3O. The molecule has 0 aromatic heterocycles. The fraction of sp³-hybridized carbons (Fsp3) is 0.417. The van der Waals surface area contributed by atoms with Crippen molar-refractivity contribution in [3.63, 3.8) is 0 Å². The van der Waals surface area contributed by atoms with Crippen molar-refractivity contribution in [3.05, 3.63) is 29.8 Å². The van der Waals surface area contributed by atoms with Gasteiger partial charge >= 0.3 is 0 Å². The molecule has 0 radical (unpaired) electrons. The van der Waals surface area contributed by atoms with Crippen LogP contribution in [0.3, 0.4) is 0 Å². The van der Waals surface area contributed by atoms with Crippen LogP contribution in [0.1, 0.15) is 18.4 Å². The first-order valence-electron chi connectivity index (χ1n) is 5.61. The maximum atomic E-state index is 9.14. The van der Waals surface area contributed by atoms with Crippen LogP contribution < -0.4 is 10.6 Å². The number of guanidine groups is 1. The standard InChI is InChI=1S/C12H17N3O/c13-12-14-8-10(15-12)3-1-2-9-4-6-11(16)7-5-9/h4-7,10,16H,1-3,8H2,(H3,13,14,15)/t10-/m0/s1. The SMILES string of the molecule is N=C1NC[C@H](CCCc2ccc(O)cc2)N1. The summed E-state index contributed by atoms with van der Waals surface area (Å²) in [7, 11) is 0. The van der Waals surface area contributed by atoms with Crippen LogP contribution in [0.4, 0.5) is 0 Å². The van der Waals surface area contributed by atoms with E-state index in [-0.39, 0.29) is 0 Å².